The van der Waals surface area contributed by atoms with Crippen molar-refractivity contribution in [1.29, 1.82) is 0 Å². The number of aryl methyl sites for hydroxylation is 1. The maximum Gasteiger partial charge on any atom is 0.268 e. The molecule has 2 N–H and O–H groups in total. The summed E-state index contributed by atoms with van der Waals surface area (Å²) in [6.07, 6.45) is 2.33. The minimum atomic E-state index is -0.874. The Morgan fingerprint density at radius 1 is 0.842 bits per heavy atom. The van der Waals surface area contributed by atoms with Crippen LogP contribution in [0.15, 0.2) is 84.0 Å². The summed E-state index contributed by atoms with van der Waals surface area (Å²) in [4.78, 5) is 40.7. The summed E-state index contributed by atoms with van der Waals surface area (Å²) in [5, 5.41) is 10.9. The highest BCUT2D eigenvalue weighted by Gasteiger charge is 2.40. The van der Waals surface area contributed by atoms with Crippen molar-refractivity contribution >= 4 is 81.5 Å². The predicted molar refractivity (Wildman–Crippen MR) is 235 cm³/mol. The van der Waals surface area contributed by atoms with Gasteiger partial charge in [0.2, 0.25) is 0 Å². The van der Waals surface area contributed by atoms with Gasteiger partial charge >= 0.3 is 0 Å². The predicted octanol–water partition coefficient (Wildman–Crippen LogP) is 10.8. The van der Waals surface area contributed by atoms with Crippen LogP contribution in [0.25, 0.3) is 0 Å². The summed E-state index contributed by atoms with van der Waals surface area (Å²) < 4.78 is 11.9. The first-order chi connectivity index (χ1) is 26.8. The zero-order valence-electron chi connectivity index (χ0n) is 33.3. The van der Waals surface area contributed by atoms with Crippen LogP contribution in [0.1, 0.15) is 75.0 Å². The number of carbonyl (C=O) groups excluding carboxylic acids is 3. The molecule has 0 aliphatic carbocycles. The van der Waals surface area contributed by atoms with Gasteiger partial charge in [0, 0.05) is 16.3 Å². The molecule has 57 heavy (non-hydrogen) atoms. The summed E-state index contributed by atoms with van der Waals surface area (Å²) in [7, 11) is 0. The largest absolute Gasteiger partial charge is 0.494 e. The van der Waals surface area contributed by atoms with Crippen molar-refractivity contribution in [3.05, 3.63) is 116 Å². The molecular weight excluding hydrogens is 803 g/mol. The molecular formula is C44H49Cl3N4O5S. The molecule has 1 aliphatic rings. The van der Waals surface area contributed by atoms with Crippen molar-refractivity contribution in [3.63, 3.8) is 0 Å². The second-order valence-corrected chi connectivity index (χ2v) is 18.9. The van der Waals surface area contributed by atoms with Crippen LogP contribution in [0, 0.1) is 17.8 Å². The molecule has 0 spiro atoms. The Bertz CT molecular complexity index is 2120. The van der Waals surface area contributed by atoms with Gasteiger partial charge in [-0.2, -0.15) is 5.01 Å². The minimum absolute atomic E-state index is 0.0167. The maximum atomic E-state index is 13.8. The van der Waals surface area contributed by atoms with E-state index in [0.717, 1.165) is 34.7 Å². The quantitative estimate of drug-likeness (QED) is 0.122. The van der Waals surface area contributed by atoms with Crippen LogP contribution >= 0.6 is 46.6 Å². The molecule has 0 aromatic heterocycles. The van der Waals surface area contributed by atoms with Crippen LogP contribution in [0.2, 0.25) is 15.1 Å². The molecule has 1 atom stereocenters. The summed E-state index contributed by atoms with van der Waals surface area (Å²) in [5.74, 6) is 0.723. The number of hydrazone groups is 1. The van der Waals surface area contributed by atoms with E-state index in [1.807, 2.05) is 37.3 Å². The van der Waals surface area contributed by atoms with E-state index in [1.54, 1.807) is 24.3 Å². The number of hydrogen-bond acceptors (Lipinski definition) is 7. The van der Waals surface area contributed by atoms with Gasteiger partial charge in [-0.25, -0.2) is 0 Å². The van der Waals surface area contributed by atoms with Gasteiger partial charge in [-0.3, -0.25) is 14.4 Å². The highest BCUT2D eigenvalue weighted by atomic mass is 35.5. The van der Waals surface area contributed by atoms with Crippen LogP contribution in [0.4, 0.5) is 11.4 Å². The smallest absolute Gasteiger partial charge is 0.268 e. The lowest BCUT2D eigenvalue weighted by atomic mass is 9.84. The van der Waals surface area contributed by atoms with Gasteiger partial charge in [0.15, 0.2) is 12.4 Å². The summed E-state index contributed by atoms with van der Waals surface area (Å²) >= 11 is 20.4. The third-order valence-corrected chi connectivity index (χ3v) is 10.6. The van der Waals surface area contributed by atoms with Crippen molar-refractivity contribution < 1.29 is 23.9 Å². The topological polar surface area (TPSA) is 109 Å². The molecule has 0 fully saturated rings. The Morgan fingerprint density at radius 2 is 1.54 bits per heavy atom. The van der Waals surface area contributed by atoms with E-state index < -0.39 is 17.1 Å². The lowest BCUT2D eigenvalue weighted by Crippen LogP contribution is -2.39. The average Bonchev–Trinajstić information content (AvgIpc) is 3.39. The van der Waals surface area contributed by atoms with E-state index in [1.165, 1.54) is 29.5 Å². The van der Waals surface area contributed by atoms with E-state index in [4.69, 9.17) is 44.3 Å². The monoisotopic (exact) mass is 850 g/mol. The molecule has 4 aromatic carbocycles. The van der Waals surface area contributed by atoms with Gasteiger partial charge in [0.1, 0.15) is 22.4 Å². The number of nitrogens with one attached hydrogen (secondary N) is 2. The molecule has 302 valence electrons. The van der Waals surface area contributed by atoms with E-state index >= 15 is 0 Å². The van der Waals surface area contributed by atoms with Gasteiger partial charge in [-0.05, 0) is 108 Å². The molecule has 0 radical (unpaired) electrons. The highest BCUT2D eigenvalue weighted by molar-refractivity contribution is 8.01. The van der Waals surface area contributed by atoms with Gasteiger partial charge in [-0.15, -0.1) is 16.9 Å². The number of carbonyl (C=O) groups is 3. The van der Waals surface area contributed by atoms with Gasteiger partial charge in [0.25, 0.3) is 17.7 Å². The molecule has 4 aromatic rings. The van der Waals surface area contributed by atoms with Crippen molar-refractivity contribution in [2.45, 2.75) is 73.0 Å². The summed E-state index contributed by atoms with van der Waals surface area (Å²) in [5.41, 5.74) is 4.31. The van der Waals surface area contributed by atoms with Crippen molar-refractivity contribution in [2.75, 3.05) is 29.3 Å². The first kappa shape index (κ1) is 43.9. The number of hydrogen-bond donors (Lipinski definition) is 2. The molecule has 1 unspecified atom stereocenters. The summed E-state index contributed by atoms with van der Waals surface area (Å²) in [6, 6.07) is 23.4. The van der Waals surface area contributed by atoms with E-state index in [-0.39, 0.29) is 50.5 Å². The number of ether oxygens (including phenoxy) is 2. The lowest BCUT2D eigenvalue weighted by Gasteiger charge is -2.23. The second kappa shape index (κ2) is 19.0. The molecule has 0 saturated heterocycles. The van der Waals surface area contributed by atoms with Crippen molar-refractivity contribution in [3.8, 4) is 11.5 Å². The zero-order chi connectivity index (χ0) is 41.5. The molecule has 9 nitrogen and oxygen atoms in total. The van der Waals surface area contributed by atoms with E-state index in [0.29, 0.717) is 35.2 Å². The Labute approximate surface area is 354 Å². The number of anilines is 2. The number of halogens is 3. The van der Waals surface area contributed by atoms with Crippen molar-refractivity contribution in [1.82, 2.24) is 5.32 Å². The van der Waals surface area contributed by atoms with Crippen LogP contribution < -0.4 is 25.1 Å². The van der Waals surface area contributed by atoms with E-state index in [9.17, 15) is 14.4 Å². The SMILES string of the molecule is Cc1cccc(OCCCSC2C(=O)N(c3c(Cl)cc(Cl)cc3Cl)N=C2NC(=O)c2cccc(NC(=O)COc3ccc(CC(C)(C)C)cc3CC(C)(C)C)c2)c1. The number of amidine groups is 1. The van der Waals surface area contributed by atoms with Crippen LogP contribution in [0.3, 0.4) is 0 Å². The number of nitrogens with zero attached hydrogens (tertiary/aromatic N) is 2. The normalized spacial score (nSPS) is 14.4. The van der Waals surface area contributed by atoms with Crippen LogP contribution in [-0.4, -0.2) is 47.8 Å². The van der Waals surface area contributed by atoms with Gasteiger partial charge in [-0.1, -0.05) is 107 Å². The molecule has 13 heteroatoms. The van der Waals surface area contributed by atoms with E-state index in [2.05, 4.69) is 69.4 Å². The minimum Gasteiger partial charge on any atom is -0.494 e. The third kappa shape index (κ3) is 12.9. The Hall–Kier alpha value is -4.22. The number of rotatable bonds is 14. The molecule has 1 heterocycles. The van der Waals surface area contributed by atoms with Gasteiger partial charge in [0.05, 0.1) is 16.7 Å². The third-order valence-electron chi connectivity index (χ3n) is 8.50. The second-order valence-electron chi connectivity index (χ2n) is 16.4. The molecule has 3 amide bonds. The van der Waals surface area contributed by atoms with Crippen LogP contribution in [0.5, 0.6) is 11.5 Å². The Kier molecular flexibility index (Phi) is 14.6. The standard InChI is InChI=1S/C44H49Cl3N4O5S/c1-27-11-8-14-33(19-27)55-17-10-18-57-39-40(50-51(42(39)54)38-34(46)22-31(45)23-35(38)47)49-41(53)29-12-9-13-32(21-29)48-37(52)26-56-36-16-15-28(24-43(2,3)4)20-30(36)25-44(5,6)7/h8-9,11-16,19-23,39H,10,17-18,24-26H2,1-7H3,(H,48,52)(H,49,50,53). The number of thioether (sulfide) groups is 1. The fourth-order valence-corrected chi connectivity index (χ4v) is 8.21. The molecule has 0 bridgehead atoms. The molecule has 0 saturated carbocycles. The van der Waals surface area contributed by atoms with Gasteiger partial charge < -0.3 is 20.1 Å². The lowest BCUT2D eigenvalue weighted by molar-refractivity contribution is -0.118. The summed E-state index contributed by atoms with van der Waals surface area (Å²) in [6.45, 7) is 15.3. The Balaban J connectivity index is 1.26. The number of amides is 3. The van der Waals surface area contributed by atoms with Crippen molar-refractivity contribution in [2.24, 2.45) is 15.9 Å². The highest BCUT2D eigenvalue weighted by Crippen LogP contribution is 2.40. The maximum absolute atomic E-state index is 13.8. The first-order valence-corrected chi connectivity index (χ1v) is 20.9. The molecule has 1 aliphatic heterocycles. The average molecular weight is 852 g/mol. The molecule has 5 rings (SSSR count). The first-order valence-electron chi connectivity index (χ1n) is 18.7. The fourth-order valence-electron chi connectivity index (χ4n) is 6.20. The number of benzene rings is 4. The fraction of sp³-hybridized carbons (Fsp3) is 0.364. The Morgan fingerprint density at radius 3 is 2.23 bits per heavy atom. The zero-order valence-corrected chi connectivity index (χ0v) is 36.4. The van der Waals surface area contributed by atoms with Crippen LogP contribution in [-0.2, 0) is 22.4 Å².